The van der Waals surface area contributed by atoms with Gasteiger partial charge in [0, 0.05) is 0 Å². The van der Waals surface area contributed by atoms with Crippen molar-refractivity contribution < 1.29 is 8.78 Å². The summed E-state index contributed by atoms with van der Waals surface area (Å²) < 4.78 is 26.1. The zero-order valence-corrected chi connectivity index (χ0v) is 8.41. The molecule has 0 saturated heterocycles. The molecule has 0 unspecified atom stereocenters. The molecule has 0 fully saturated rings. The number of benzene rings is 1. The molecule has 1 rings (SSSR count). The van der Waals surface area contributed by atoms with E-state index < -0.39 is 11.6 Å². The Morgan fingerprint density at radius 2 is 1.69 bits per heavy atom. The first-order valence-electron chi connectivity index (χ1n) is 4.40. The summed E-state index contributed by atoms with van der Waals surface area (Å²) in [6.45, 7) is 7.39. The van der Waals surface area contributed by atoms with Crippen LogP contribution in [0.5, 0.6) is 0 Å². The highest BCUT2D eigenvalue weighted by atomic mass is 19.2. The van der Waals surface area contributed by atoms with E-state index in [1.165, 1.54) is 6.07 Å². The van der Waals surface area contributed by atoms with Gasteiger partial charge in [-0.05, 0) is 42.5 Å². The molecular weight excluding hydrogens is 170 g/mol. The zero-order valence-electron chi connectivity index (χ0n) is 8.41. The maximum Gasteiger partial charge on any atom is 0.162 e. The quantitative estimate of drug-likeness (QED) is 0.624. The molecule has 1 aromatic rings. The third-order valence-electron chi connectivity index (χ3n) is 2.29. The third kappa shape index (κ3) is 1.71. The molecule has 13 heavy (non-hydrogen) atoms. The van der Waals surface area contributed by atoms with E-state index in [1.54, 1.807) is 6.92 Å². The summed E-state index contributed by atoms with van der Waals surface area (Å²) in [5.74, 6) is -1.23. The molecule has 0 aliphatic rings. The second kappa shape index (κ2) is 3.44. The molecule has 0 nitrogen and oxygen atoms in total. The molecule has 0 N–H and O–H groups in total. The molecule has 0 aromatic heterocycles. The third-order valence-corrected chi connectivity index (χ3v) is 2.29. The van der Waals surface area contributed by atoms with Crippen LogP contribution in [0.25, 0.3) is 0 Å². The van der Waals surface area contributed by atoms with Crippen LogP contribution < -0.4 is 0 Å². The summed E-state index contributed by atoms with van der Waals surface area (Å²) >= 11 is 0. The van der Waals surface area contributed by atoms with Crippen molar-refractivity contribution >= 4 is 0 Å². The Balaban J connectivity index is 3.44. The van der Waals surface area contributed by atoms with Crippen LogP contribution >= 0.6 is 0 Å². The largest absolute Gasteiger partial charge is 0.204 e. The van der Waals surface area contributed by atoms with E-state index >= 15 is 0 Å². The molecule has 0 spiro atoms. The van der Waals surface area contributed by atoms with E-state index in [-0.39, 0.29) is 5.92 Å². The Morgan fingerprint density at radius 3 is 2.15 bits per heavy atom. The Kier molecular flexibility index (Phi) is 2.69. The summed E-state index contributed by atoms with van der Waals surface area (Å²) in [5.41, 5.74) is 2.18. The topological polar surface area (TPSA) is 0 Å². The van der Waals surface area contributed by atoms with Crippen molar-refractivity contribution in [3.63, 3.8) is 0 Å². The van der Waals surface area contributed by atoms with Gasteiger partial charge in [0.2, 0.25) is 0 Å². The average Bonchev–Trinajstić information content (AvgIpc) is 1.99. The van der Waals surface area contributed by atoms with Gasteiger partial charge >= 0.3 is 0 Å². The van der Waals surface area contributed by atoms with Crippen molar-refractivity contribution in [2.75, 3.05) is 0 Å². The number of halogens is 2. The standard InChI is InChI=1S/C11H14F2/c1-6(2)10-7(3)5-9(12)11(13)8(10)4/h5-6H,1-4H3. The molecule has 0 heterocycles. The van der Waals surface area contributed by atoms with Crippen molar-refractivity contribution in [1.82, 2.24) is 0 Å². The van der Waals surface area contributed by atoms with Gasteiger partial charge in [0.1, 0.15) is 0 Å². The molecule has 0 amide bonds. The molecule has 2 heteroatoms. The van der Waals surface area contributed by atoms with Gasteiger partial charge in [-0.3, -0.25) is 0 Å². The molecule has 0 radical (unpaired) electrons. The highest BCUT2D eigenvalue weighted by molar-refractivity contribution is 5.37. The van der Waals surface area contributed by atoms with Crippen molar-refractivity contribution in [3.05, 3.63) is 34.4 Å². The van der Waals surface area contributed by atoms with Gasteiger partial charge in [-0.1, -0.05) is 13.8 Å². The highest BCUT2D eigenvalue weighted by Gasteiger charge is 2.14. The van der Waals surface area contributed by atoms with E-state index in [0.29, 0.717) is 5.56 Å². The summed E-state index contributed by atoms with van der Waals surface area (Å²) in [6.07, 6.45) is 0. The maximum atomic E-state index is 13.2. The van der Waals surface area contributed by atoms with Crippen LogP contribution in [0.15, 0.2) is 6.07 Å². The lowest BCUT2D eigenvalue weighted by atomic mass is 9.93. The molecule has 0 saturated carbocycles. The fourth-order valence-electron chi connectivity index (χ4n) is 1.81. The first-order chi connectivity index (χ1) is 5.95. The zero-order chi connectivity index (χ0) is 10.2. The Hall–Kier alpha value is -0.920. The second-order valence-corrected chi connectivity index (χ2v) is 3.68. The van der Waals surface area contributed by atoms with Crippen LogP contribution in [-0.4, -0.2) is 0 Å². The minimum Gasteiger partial charge on any atom is -0.204 e. The monoisotopic (exact) mass is 184 g/mol. The Labute approximate surface area is 77.6 Å². The van der Waals surface area contributed by atoms with E-state index in [9.17, 15) is 8.78 Å². The van der Waals surface area contributed by atoms with Crippen LogP contribution in [0.3, 0.4) is 0 Å². The van der Waals surface area contributed by atoms with Crippen LogP contribution in [0.4, 0.5) is 8.78 Å². The molecule has 0 aliphatic heterocycles. The minimum atomic E-state index is -0.751. The molecule has 1 aromatic carbocycles. The molecule has 0 aliphatic carbocycles. The van der Waals surface area contributed by atoms with Crippen molar-refractivity contribution in [3.8, 4) is 0 Å². The summed E-state index contributed by atoms with van der Waals surface area (Å²) in [5, 5.41) is 0. The first kappa shape index (κ1) is 10.2. The van der Waals surface area contributed by atoms with Gasteiger partial charge in [-0.2, -0.15) is 0 Å². The summed E-state index contributed by atoms with van der Waals surface area (Å²) in [7, 11) is 0. The number of aryl methyl sites for hydroxylation is 1. The molecule has 72 valence electrons. The Morgan fingerprint density at radius 1 is 1.15 bits per heavy atom. The van der Waals surface area contributed by atoms with E-state index in [4.69, 9.17) is 0 Å². The van der Waals surface area contributed by atoms with Crippen LogP contribution in [-0.2, 0) is 0 Å². The molecular formula is C11H14F2. The van der Waals surface area contributed by atoms with Gasteiger partial charge in [-0.15, -0.1) is 0 Å². The number of hydrogen-bond acceptors (Lipinski definition) is 0. The van der Waals surface area contributed by atoms with Gasteiger partial charge in [0.15, 0.2) is 11.6 Å². The highest BCUT2D eigenvalue weighted by Crippen LogP contribution is 2.26. The SMILES string of the molecule is Cc1cc(F)c(F)c(C)c1C(C)C. The van der Waals surface area contributed by atoms with Crippen molar-refractivity contribution in [1.29, 1.82) is 0 Å². The summed E-state index contributed by atoms with van der Waals surface area (Å²) in [6, 6.07) is 1.26. The van der Waals surface area contributed by atoms with Gasteiger partial charge in [-0.25, -0.2) is 8.78 Å². The van der Waals surface area contributed by atoms with Crippen LogP contribution in [0.1, 0.15) is 36.5 Å². The molecule has 0 atom stereocenters. The van der Waals surface area contributed by atoms with Gasteiger partial charge in [0.25, 0.3) is 0 Å². The fraction of sp³-hybridized carbons (Fsp3) is 0.455. The lowest BCUT2D eigenvalue weighted by Crippen LogP contribution is -2.01. The predicted octanol–water partition coefficient (Wildman–Crippen LogP) is 3.71. The lowest BCUT2D eigenvalue weighted by molar-refractivity contribution is 0.499. The number of hydrogen-bond donors (Lipinski definition) is 0. The average molecular weight is 184 g/mol. The van der Waals surface area contributed by atoms with E-state index in [2.05, 4.69) is 0 Å². The van der Waals surface area contributed by atoms with Crippen molar-refractivity contribution in [2.45, 2.75) is 33.6 Å². The van der Waals surface area contributed by atoms with Gasteiger partial charge in [0.05, 0.1) is 0 Å². The van der Waals surface area contributed by atoms with Gasteiger partial charge < -0.3 is 0 Å². The fourth-order valence-corrected chi connectivity index (χ4v) is 1.81. The summed E-state index contributed by atoms with van der Waals surface area (Å²) in [4.78, 5) is 0. The van der Waals surface area contributed by atoms with Crippen molar-refractivity contribution in [2.24, 2.45) is 0 Å². The minimum absolute atomic E-state index is 0.232. The smallest absolute Gasteiger partial charge is 0.162 e. The van der Waals surface area contributed by atoms with E-state index in [0.717, 1.165) is 11.1 Å². The Bertz CT molecular complexity index is 327. The van der Waals surface area contributed by atoms with Crippen LogP contribution in [0.2, 0.25) is 0 Å². The first-order valence-corrected chi connectivity index (χ1v) is 4.40. The second-order valence-electron chi connectivity index (χ2n) is 3.68. The molecule has 0 bridgehead atoms. The maximum absolute atomic E-state index is 13.2. The van der Waals surface area contributed by atoms with E-state index in [1.807, 2.05) is 20.8 Å². The lowest BCUT2D eigenvalue weighted by Gasteiger charge is -2.14. The number of rotatable bonds is 1. The predicted molar refractivity (Wildman–Crippen MR) is 49.9 cm³/mol. The van der Waals surface area contributed by atoms with Crippen LogP contribution in [0, 0.1) is 25.5 Å². The normalized spacial score (nSPS) is 11.0.